The summed E-state index contributed by atoms with van der Waals surface area (Å²) >= 11 is 0. The number of carbonyl (C=O) groups is 3. The van der Waals surface area contributed by atoms with Crippen molar-refractivity contribution in [3.8, 4) is 11.1 Å². The number of fused-ring (bicyclic) bond motifs is 3. The van der Waals surface area contributed by atoms with Gasteiger partial charge in [-0.1, -0.05) is 69.3 Å². The van der Waals surface area contributed by atoms with Crippen molar-refractivity contribution in [1.29, 1.82) is 0 Å². The van der Waals surface area contributed by atoms with Crippen LogP contribution in [0.4, 0.5) is 4.79 Å². The Labute approximate surface area is 200 Å². The van der Waals surface area contributed by atoms with E-state index in [4.69, 9.17) is 4.74 Å². The number of hydrogen-bond acceptors (Lipinski definition) is 4. The van der Waals surface area contributed by atoms with Gasteiger partial charge in [0, 0.05) is 12.5 Å². The summed E-state index contributed by atoms with van der Waals surface area (Å²) in [6.07, 6.45) is 0.854. The maximum Gasteiger partial charge on any atom is 0.407 e. The normalized spacial score (nSPS) is 15.7. The lowest BCUT2D eigenvalue weighted by Gasteiger charge is -2.30. The van der Waals surface area contributed by atoms with E-state index in [-0.39, 0.29) is 36.8 Å². The lowest BCUT2D eigenvalue weighted by Crippen LogP contribution is -2.46. The highest BCUT2D eigenvalue weighted by Crippen LogP contribution is 2.45. The Balaban J connectivity index is 1.37. The van der Waals surface area contributed by atoms with Gasteiger partial charge in [0.25, 0.3) is 0 Å². The summed E-state index contributed by atoms with van der Waals surface area (Å²) in [7, 11) is 0. The Morgan fingerprint density at radius 1 is 1.03 bits per heavy atom. The fraction of sp³-hybridized carbons (Fsp3) is 0.444. The standard InChI is InChI=1S/C27H32N2O5/c1-26(2,3)17-29(15-24(31)32)23(30)14-27(12-13-27)28-25(33)34-16-22-20-10-6-4-8-18(20)19-9-5-7-11-21(19)22/h4-11,22H,12-17H2,1-3H3,(H,28,33)(H,31,32). The highest BCUT2D eigenvalue weighted by molar-refractivity contribution is 5.83. The number of nitrogens with one attached hydrogen (secondary N) is 1. The molecule has 1 fully saturated rings. The van der Waals surface area contributed by atoms with E-state index < -0.39 is 17.6 Å². The van der Waals surface area contributed by atoms with Crippen molar-refractivity contribution in [2.24, 2.45) is 5.41 Å². The van der Waals surface area contributed by atoms with Crippen molar-refractivity contribution in [3.05, 3.63) is 59.7 Å². The molecule has 0 heterocycles. The van der Waals surface area contributed by atoms with Crippen LogP contribution < -0.4 is 5.32 Å². The maximum absolute atomic E-state index is 12.9. The Morgan fingerprint density at radius 3 is 2.09 bits per heavy atom. The van der Waals surface area contributed by atoms with Gasteiger partial charge in [-0.3, -0.25) is 9.59 Å². The van der Waals surface area contributed by atoms with Crippen LogP contribution in [0.2, 0.25) is 0 Å². The number of benzene rings is 2. The molecule has 2 N–H and O–H groups in total. The van der Waals surface area contributed by atoms with E-state index in [9.17, 15) is 19.5 Å². The monoisotopic (exact) mass is 464 g/mol. The average Bonchev–Trinajstić information content (AvgIpc) is 3.43. The number of carboxylic acid groups (broad SMARTS) is 1. The molecule has 0 bridgehead atoms. The molecule has 7 nitrogen and oxygen atoms in total. The Kier molecular flexibility index (Phi) is 6.39. The van der Waals surface area contributed by atoms with Gasteiger partial charge in [0.15, 0.2) is 0 Å². The molecule has 4 rings (SSSR count). The number of rotatable bonds is 8. The lowest BCUT2D eigenvalue weighted by molar-refractivity contribution is -0.145. The molecule has 7 heteroatoms. The third-order valence-corrected chi connectivity index (χ3v) is 6.40. The molecule has 0 saturated heterocycles. The maximum atomic E-state index is 12.9. The lowest BCUT2D eigenvalue weighted by atomic mass is 9.95. The predicted octanol–water partition coefficient (Wildman–Crippen LogP) is 4.41. The van der Waals surface area contributed by atoms with E-state index >= 15 is 0 Å². The first-order valence-electron chi connectivity index (χ1n) is 11.7. The number of aliphatic carboxylic acids is 1. The minimum Gasteiger partial charge on any atom is -0.480 e. The quantitative estimate of drug-likeness (QED) is 0.603. The van der Waals surface area contributed by atoms with Gasteiger partial charge in [-0.2, -0.15) is 0 Å². The van der Waals surface area contributed by atoms with Crippen molar-refractivity contribution < 1.29 is 24.2 Å². The van der Waals surface area contributed by atoms with Crippen LogP contribution in [-0.2, 0) is 14.3 Å². The zero-order valence-electron chi connectivity index (χ0n) is 20.0. The number of nitrogens with zero attached hydrogens (tertiary/aromatic N) is 1. The first-order chi connectivity index (χ1) is 16.1. The van der Waals surface area contributed by atoms with Crippen LogP contribution in [0.25, 0.3) is 11.1 Å². The van der Waals surface area contributed by atoms with Crippen molar-refractivity contribution in [3.63, 3.8) is 0 Å². The SMILES string of the molecule is CC(C)(C)CN(CC(=O)O)C(=O)CC1(NC(=O)OCC2c3ccccc3-c3ccccc32)CC1. The summed E-state index contributed by atoms with van der Waals surface area (Å²) in [5.74, 6) is -1.35. The van der Waals surface area contributed by atoms with Crippen molar-refractivity contribution >= 4 is 18.0 Å². The van der Waals surface area contributed by atoms with E-state index in [1.54, 1.807) is 0 Å². The number of carboxylic acids is 1. The minimum absolute atomic E-state index is 0.0345. The molecule has 1 saturated carbocycles. The molecule has 2 amide bonds. The molecule has 0 aromatic heterocycles. The summed E-state index contributed by atoms with van der Waals surface area (Å²) < 4.78 is 5.63. The fourth-order valence-electron chi connectivity index (χ4n) is 4.72. The van der Waals surface area contributed by atoms with Gasteiger partial charge in [0.05, 0.1) is 12.0 Å². The van der Waals surface area contributed by atoms with E-state index in [0.717, 1.165) is 22.3 Å². The van der Waals surface area contributed by atoms with Crippen molar-refractivity contribution in [2.45, 2.75) is 51.5 Å². The summed E-state index contributed by atoms with van der Waals surface area (Å²) in [5, 5.41) is 12.1. The second kappa shape index (κ2) is 9.12. The first kappa shape index (κ1) is 23.8. The summed E-state index contributed by atoms with van der Waals surface area (Å²) in [6, 6.07) is 16.3. The molecule has 0 spiro atoms. The van der Waals surface area contributed by atoms with Crippen LogP contribution in [0.1, 0.15) is 57.1 Å². The van der Waals surface area contributed by atoms with Gasteiger partial charge in [-0.25, -0.2) is 4.79 Å². The summed E-state index contributed by atoms with van der Waals surface area (Å²) in [5.41, 5.74) is 3.71. The Morgan fingerprint density at radius 2 is 1.59 bits per heavy atom. The first-order valence-corrected chi connectivity index (χ1v) is 11.7. The van der Waals surface area contributed by atoms with E-state index in [2.05, 4.69) is 29.6 Å². The summed E-state index contributed by atoms with van der Waals surface area (Å²) in [4.78, 5) is 38.2. The fourth-order valence-corrected chi connectivity index (χ4v) is 4.72. The molecule has 0 atom stereocenters. The molecule has 2 aromatic carbocycles. The average molecular weight is 465 g/mol. The molecule has 0 aliphatic heterocycles. The van der Waals surface area contributed by atoms with Gasteiger partial charge in [-0.05, 0) is 40.5 Å². The minimum atomic E-state index is -1.05. The number of ether oxygens (including phenoxy) is 1. The molecular formula is C27H32N2O5. The Hall–Kier alpha value is -3.35. The number of carbonyl (C=O) groups excluding carboxylic acids is 2. The third-order valence-electron chi connectivity index (χ3n) is 6.40. The highest BCUT2D eigenvalue weighted by atomic mass is 16.5. The van der Waals surface area contributed by atoms with Gasteiger partial charge >= 0.3 is 12.1 Å². The molecule has 0 unspecified atom stereocenters. The molecule has 0 radical (unpaired) electrons. The second-order valence-corrected chi connectivity index (χ2v) is 10.6. The van der Waals surface area contributed by atoms with E-state index in [1.807, 2.05) is 45.0 Å². The Bertz CT molecular complexity index is 1050. The van der Waals surface area contributed by atoms with Gasteiger partial charge in [0.2, 0.25) is 5.91 Å². The van der Waals surface area contributed by atoms with Crippen LogP contribution >= 0.6 is 0 Å². The third kappa shape index (κ3) is 5.41. The summed E-state index contributed by atoms with van der Waals surface area (Å²) in [6.45, 7) is 6.06. The molecule has 2 aliphatic rings. The van der Waals surface area contributed by atoms with Crippen LogP contribution in [-0.4, -0.2) is 53.2 Å². The van der Waals surface area contributed by atoms with Gasteiger partial charge in [0.1, 0.15) is 13.2 Å². The molecule has 180 valence electrons. The number of alkyl carbamates (subject to hydrolysis) is 1. The zero-order valence-corrected chi connectivity index (χ0v) is 20.0. The van der Waals surface area contributed by atoms with E-state index in [1.165, 1.54) is 4.90 Å². The molecular weight excluding hydrogens is 432 g/mol. The van der Waals surface area contributed by atoms with Gasteiger partial charge in [-0.15, -0.1) is 0 Å². The van der Waals surface area contributed by atoms with Crippen LogP contribution in [0.3, 0.4) is 0 Å². The van der Waals surface area contributed by atoms with Crippen LogP contribution in [0.5, 0.6) is 0 Å². The highest BCUT2D eigenvalue weighted by Gasteiger charge is 2.47. The molecule has 2 aromatic rings. The van der Waals surface area contributed by atoms with Gasteiger partial charge < -0.3 is 20.1 Å². The molecule has 2 aliphatic carbocycles. The molecule has 34 heavy (non-hydrogen) atoms. The number of amides is 2. The smallest absolute Gasteiger partial charge is 0.407 e. The number of hydrogen-bond donors (Lipinski definition) is 2. The van der Waals surface area contributed by atoms with Crippen LogP contribution in [0.15, 0.2) is 48.5 Å². The topological polar surface area (TPSA) is 95.9 Å². The second-order valence-electron chi connectivity index (χ2n) is 10.6. The van der Waals surface area contributed by atoms with E-state index in [0.29, 0.717) is 19.4 Å². The largest absolute Gasteiger partial charge is 0.480 e. The predicted molar refractivity (Wildman–Crippen MR) is 128 cm³/mol. The van der Waals surface area contributed by atoms with Crippen LogP contribution in [0, 0.1) is 5.41 Å². The van der Waals surface area contributed by atoms with Crippen molar-refractivity contribution in [1.82, 2.24) is 10.2 Å². The van der Waals surface area contributed by atoms with Crippen molar-refractivity contribution in [2.75, 3.05) is 19.7 Å². The zero-order chi connectivity index (χ0) is 24.5.